The maximum Gasteiger partial charge on any atom is 0.143 e. The molecule has 0 amide bonds. The van der Waals surface area contributed by atoms with Gasteiger partial charge in [0.05, 0.1) is 6.54 Å². The van der Waals surface area contributed by atoms with Gasteiger partial charge in [-0.05, 0) is 18.6 Å². The van der Waals surface area contributed by atoms with E-state index in [4.69, 9.17) is 0 Å². The lowest BCUT2D eigenvalue weighted by atomic mass is 10.3. The minimum absolute atomic E-state index is 0.607. The normalized spacial score (nSPS) is 10.1. The molecule has 0 radical (unpaired) electrons. The molecular weight excluding hydrogens is 178 g/mol. The van der Waals surface area contributed by atoms with Crippen LogP contribution in [0.25, 0.3) is 0 Å². The maximum atomic E-state index is 4.20. The van der Waals surface area contributed by atoms with Crippen molar-refractivity contribution in [3.63, 3.8) is 0 Å². The number of rotatable bonds is 3. The van der Waals surface area contributed by atoms with Gasteiger partial charge in [-0.3, -0.25) is 5.10 Å². The third-order valence-corrected chi connectivity index (χ3v) is 1.81. The van der Waals surface area contributed by atoms with Gasteiger partial charge in [-0.1, -0.05) is 6.07 Å². The highest BCUT2D eigenvalue weighted by molar-refractivity contribution is 5.35. The highest BCUT2D eigenvalue weighted by Gasteiger charge is 1.96. The van der Waals surface area contributed by atoms with Crippen molar-refractivity contribution < 1.29 is 0 Å². The van der Waals surface area contributed by atoms with E-state index in [1.54, 1.807) is 0 Å². The first-order valence-corrected chi connectivity index (χ1v) is 4.35. The molecule has 5 heteroatoms. The van der Waals surface area contributed by atoms with Gasteiger partial charge in [0.15, 0.2) is 0 Å². The number of aryl methyl sites for hydroxylation is 1. The fraction of sp³-hybridized carbons (Fsp3) is 0.222. The quantitative estimate of drug-likeness (QED) is 0.759. The molecule has 0 aliphatic heterocycles. The molecule has 0 saturated heterocycles. The van der Waals surface area contributed by atoms with Crippen LogP contribution in [0.2, 0.25) is 0 Å². The average Bonchev–Trinajstić information content (AvgIpc) is 2.70. The Labute approximate surface area is 81.6 Å². The predicted octanol–water partition coefficient (Wildman–Crippen LogP) is 1.12. The topological polar surface area (TPSA) is 66.5 Å². The van der Waals surface area contributed by atoms with E-state index in [1.165, 1.54) is 6.33 Å². The summed E-state index contributed by atoms with van der Waals surface area (Å²) in [5.74, 6) is 1.64. The van der Waals surface area contributed by atoms with Gasteiger partial charge in [-0.25, -0.2) is 9.97 Å². The number of H-pyrrole nitrogens is 1. The Balaban J connectivity index is 1.95. The minimum Gasteiger partial charge on any atom is -0.363 e. The van der Waals surface area contributed by atoms with Crippen LogP contribution in [0.1, 0.15) is 11.4 Å². The second kappa shape index (κ2) is 3.87. The first-order valence-electron chi connectivity index (χ1n) is 4.35. The average molecular weight is 189 g/mol. The van der Waals surface area contributed by atoms with Crippen molar-refractivity contribution in [3.05, 3.63) is 36.0 Å². The van der Waals surface area contributed by atoms with Crippen molar-refractivity contribution in [1.82, 2.24) is 20.2 Å². The van der Waals surface area contributed by atoms with Crippen molar-refractivity contribution >= 4 is 5.82 Å². The van der Waals surface area contributed by atoms with E-state index in [0.29, 0.717) is 6.54 Å². The minimum atomic E-state index is 0.607. The number of aromatic nitrogens is 4. The van der Waals surface area contributed by atoms with E-state index < -0.39 is 0 Å². The van der Waals surface area contributed by atoms with Crippen LogP contribution < -0.4 is 5.32 Å². The molecule has 2 heterocycles. The molecule has 0 aliphatic carbocycles. The summed E-state index contributed by atoms with van der Waals surface area (Å²) in [4.78, 5) is 8.20. The van der Waals surface area contributed by atoms with Crippen molar-refractivity contribution in [1.29, 1.82) is 0 Å². The summed E-state index contributed by atoms with van der Waals surface area (Å²) in [5, 5.41) is 9.65. The number of nitrogens with one attached hydrogen (secondary N) is 2. The summed E-state index contributed by atoms with van der Waals surface area (Å²) in [7, 11) is 0. The van der Waals surface area contributed by atoms with Crippen LogP contribution >= 0.6 is 0 Å². The van der Waals surface area contributed by atoms with Crippen LogP contribution in [0.4, 0.5) is 5.82 Å². The van der Waals surface area contributed by atoms with E-state index in [0.717, 1.165) is 17.2 Å². The summed E-state index contributed by atoms with van der Waals surface area (Å²) in [6, 6.07) is 3.95. The molecular formula is C9H11N5. The van der Waals surface area contributed by atoms with Gasteiger partial charge in [0.1, 0.15) is 18.0 Å². The third-order valence-electron chi connectivity index (χ3n) is 1.81. The number of hydrogen-bond donors (Lipinski definition) is 2. The summed E-state index contributed by atoms with van der Waals surface area (Å²) < 4.78 is 0. The van der Waals surface area contributed by atoms with Crippen molar-refractivity contribution in [2.24, 2.45) is 0 Å². The molecule has 2 N–H and O–H groups in total. The molecule has 0 saturated carbocycles. The summed E-state index contributed by atoms with van der Waals surface area (Å²) in [6.07, 6.45) is 3.31. The maximum absolute atomic E-state index is 4.20. The molecule has 5 nitrogen and oxygen atoms in total. The van der Waals surface area contributed by atoms with Crippen LogP contribution in [0.5, 0.6) is 0 Å². The predicted molar refractivity (Wildman–Crippen MR) is 52.7 cm³/mol. The lowest BCUT2D eigenvalue weighted by Crippen LogP contribution is -2.02. The van der Waals surface area contributed by atoms with Crippen LogP contribution in [0.15, 0.2) is 24.7 Å². The summed E-state index contributed by atoms with van der Waals surface area (Å²) >= 11 is 0. The summed E-state index contributed by atoms with van der Waals surface area (Å²) in [6.45, 7) is 2.61. The van der Waals surface area contributed by atoms with Gasteiger partial charge in [-0.15, -0.1) is 0 Å². The SMILES string of the molecule is Cc1ccc(NCc2ncn[nH]2)nc1. The lowest BCUT2D eigenvalue weighted by Gasteiger charge is -2.02. The Hall–Kier alpha value is -1.91. The van der Waals surface area contributed by atoms with Crippen LogP contribution in [0.3, 0.4) is 0 Å². The smallest absolute Gasteiger partial charge is 0.143 e. The van der Waals surface area contributed by atoms with Crippen LogP contribution in [-0.4, -0.2) is 20.2 Å². The largest absolute Gasteiger partial charge is 0.363 e. The second-order valence-corrected chi connectivity index (χ2v) is 3.01. The van der Waals surface area contributed by atoms with Gasteiger partial charge < -0.3 is 5.32 Å². The zero-order valence-electron chi connectivity index (χ0n) is 7.86. The number of nitrogens with zero attached hydrogens (tertiary/aromatic N) is 3. The Morgan fingerprint density at radius 2 is 2.29 bits per heavy atom. The van der Waals surface area contributed by atoms with Gasteiger partial charge in [0.2, 0.25) is 0 Å². The zero-order chi connectivity index (χ0) is 9.80. The van der Waals surface area contributed by atoms with Crippen molar-refractivity contribution in [2.45, 2.75) is 13.5 Å². The highest BCUT2D eigenvalue weighted by Crippen LogP contribution is 2.04. The number of pyridine rings is 1. The van der Waals surface area contributed by atoms with Crippen LogP contribution in [0, 0.1) is 6.92 Å². The van der Waals surface area contributed by atoms with Gasteiger partial charge in [-0.2, -0.15) is 5.10 Å². The molecule has 0 spiro atoms. The van der Waals surface area contributed by atoms with E-state index in [9.17, 15) is 0 Å². The first kappa shape index (κ1) is 8.68. The second-order valence-electron chi connectivity index (χ2n) is 3.01. The lowest BCUT2D eigenvalue weighted by molar-refractivity contribution is 0.947. The summed E-state index contributed by atoms with van der Waals surface area (Å²) in [5.41, 5.74) is 1.15. The Morgan fingerprint density at radius 3 is 2.93 bits per heavy atom. The molecule has 0 unspecified atom stereocenters. The van der Waals surface area contributed by atoms with E-state index in [2.05, 4.69) is 25.5 Å². The number of aromatic amines is 1. The van der Waals surface area contributed by atoms with E-state index in [-0.39, 0.29) is 0 Å². The Morgan fingerprint density at radius 1 is 1.36 bits per heavy atom. The molecule has 72 valence electrons. The van der Waals surface area contributed by atoms with E-state index in [1.807, 2.05) is 25.3 Å². The molecule has 0 fully saturated rings. The molecule has 2 aromatic rings. The molecule has 2 rings (SSSR count). The van der Waals surface area contributed by atoms with Crippen LogP contribution in [-0.2, 0) is 6.54 Å². The van der Waals surface area contributed by atoms with Gasteiger partial charge in [0.25, 0.3) is 0 Å². The molecule has 14 heavy (non-hydrogen) atoms. The number of anilines is 1. The highest BCUT2D eigenvalue weighted by atomic mass is 15.2. The number of hydrogen-bond acceptors (Lipinski definition) is 4. The zero-order valence-corrected chi connectivity index (χ0v) is 7.86. The molecule has 2 aromatic heterocycles. The monoisotopic (exact) mass is 189 g/mol. The Bertz CT molecular complexity index is 378. The first-order chi connectivity index (χ1) is 6.84. The van der Waals surface area contributed by atoms with Crippen molar-refractivity contribution in [3.8, 4) is 0 Å². The standard InChI is InChI=1S/C9H11N5/c1-7-2-3-8(10-4-7)11-5-9-12-6-13-14-9/h2-4,6H,5H2,1H3,(H,10,11)(H,12,13,14). The molecule has 0 bridgehead atoms. The molecule has 0 aliphatic rings. The van der Waals surface area contributed by atoms with Gasteiger partial charge in [0, 0.05) is 6.20 Å². The van der Waals surface area contributed by atoms with E-state index >= 15 is 0 Å². The third kappa shape index (κ3) is 2.07. The fourth-order valence-corrected chi connectivity index (χ4v) is 1.06. The molecule has 0 aromatic carbocycles. The van der Waals surface area contributed by atoms with Gasteiger partial charge >= 0.3 is 0 Å². The molecule has 0 atom stereocenters. The Kier molecular flexibility index (Phi) is 2.40. The fourth-order valence-electron chi connectivity index (χ4n) is 1.06. The van der Waals surface area contributed by atoms with Crippen molar-refractivity contribution in [2.75, 3.05) is 5.32 Å².